The number of hydrogen-bond acceptors (Lipinski definition) is 7. The molecule has 0 saturated carbocycles. The van der Waals surface area contributed by atoms with Crippen molar-refractivity contribution in [2.24, 2.45) is 0 Å². The molecule has 31 heavy (non-hydrogen) atoms. The Morgan fingerprint density at radius 2 is 1.90 bits per heavy atom. The van der Waals surface area contributed by atoms with E-state index in [4.69, 9.17) is 9.47 Å². The molecule has 1 aromatic heterocycles. The number of nitrogens with one attached hydrogen (secondary N) is 1. The molecule has 9 heteroatoms. The van der Waals surface area contributed by atoms with Gasteiger partial charge in [0.15, 0.2) is 0 Å². The van der Waals surface area contributed by atoms with Crippen LogP contribution in [0.5, 0.6) is 17.5 Å². The molecule has 0 spiro atoms. The lowest BCUT2D eigenvalue weighted by Gasteiger charge is -2.13. The summed E-state index contributed by atoms with van der Waals surface area (Å²) in [6.45, 7) is 0.431. The molecule has 4 aromatic rings. The molecule has 9 nitrogen and oxygen atoms in total. The van der Waals surface area contributed by atoms with Crippen LogP contribution in [0.25, 0.3) is 5.69 Å². The highest BCUT2D eigenvalue weighted by Gasteiger charge is 2.12. The van der Waals surface area contributed by atoms with E-state index in [9.17, 15) is 9.90 Å². The largest absolute Gasteiger partial charge is 0.495 e. The minimum absolute atomic E-state index is 0.174. The van der Waals surface area contributed by atoms with Crippen LogP contribution in [0.4, 0.5) is 5.69 Å². The maximum Gasteiger partial charge on any atom is 0.345 e. The van der Waals surface area contributed by atoms with Gasteiger partial charge in [-0.3, -0.25) is 0 Å². The van der Waals surface area contributed by atoms with Crippen LogP contribution < -0.4 is 14.8 Å². The van der Waals surface area contributed by atoms with Gasteiger partial charge in [-0.25, -0.2) is 4.79 Å². The molecule has 0 radical (unpaired) electrons. The van der Waals surface area contributed by atoms with Gasteiger partial charge in [0.1, 0.15) is 11.5 Å². The second-order valence-corrected chi connectivity index (χ2v) is 6.53. The highest BCUT2D eigenvalue weighted by molar-refractivity contribution is 5.89. The highest BCUT2D eigenvalue weighted by atomic mass is 16.5. The number of nitrogens with zero attached hydrogens (tertiary/aromatic N) is 4. The van der Waals surface area contributed by atoms with Crippen LogP contribution in [0, 0.1) is 0 Å². The van der Waals surface area contributed by atoms with Gasteiger partial charge in [0.2, 0.25) is 0 Å². The van der Waals surface area contributed by atoms with Crippen molar-refractivity contribution in [1.82, 2.24) is 20.2 Å². The second kappa shape index (κ2) is 8.95. The normalized spacial score (nSPS) is 10.5. The standard InChI is InChI=1S/C22H19N5O4/c1-30-20-11-10-16(21(28)29)13-19(20)23-14-15-6-5-9-18(12-15)31-22-24-25-26-27(22)17-7-3-2-4-8-17/h2-13,23H,14H2,1H3,(H,28,29). The predicted molar refractivity (Wildman–Crippen MR) is 113 cm³/mol. The first-order valence-corrected chi connectivity index (χ1v) is 9.40. The van der Waals surface area contributed by atoms with Crippen molar-refractivity contribution in [2.75, 3.05) is 12.4 Å². The van der Waals surface area contributed by atoms with Crippen molar-refractivity contribution in [2.45, 2.75) is 6.54 Å². The molecule has 4 rings (SSSR count). The fourth-order valence-corrected chi connectivity index (χ4v) is 2.97. The maximum atomic E-state index is 11.2. The van der Waals surface area contributed by atoms with E-state index < -0.39 is 5.97 Å². The second-order valence-electron chi connectivity index (χ2n) is 6.53. The lowest BCUT2D eigenvalue weighted by Crippen LogP contribution is -2.04. The minimum atomic E-state index is -1.00. The van der Waals surface area contributed by atoms with Crippen molar-refractivity contribution in [3.63, 3.8) is 0 Å². The van der Waals surface area contributed by atoms with E-state index in [-0.39, 0.29) is 11.6 Å². The van der Waals surface area contributed by atoms with Gasteiger partial charge in [-0.1, -0.05) is 35.4 Å². The molecule has 0 bridgehead atoms. The van der Waals surface area contributed by atoms with Crippen molar-refractivity contribution in [3.8, 4) is 23.2 Å². The molecule has 0 saturated heterocycles. The first-order valence-electron chi connectivity index (χ1n) is 9.40. The average molecular weight is 417 g/mol. The first kappa shape index (κ1) is 19.9. The summed E-state index contributed by atoms with van der Waals surface area (Å²) in [5.41, 5.74) is 2.46. The van der Waals surface area contributed by atoms with Crippen LogP contribution in [0.15, 0.2) is 72.8 Å². The smallest absolute Gasteiger partial charge is 0.345 e. The van der Waals surface area contributed by atoms with Crippen LogP contribution in [-0.4, -0.2) is 38.4 Å². The summed E-state index contributed by atoms with van der Waals surface area (Å²) >= 11 is 0. The Morgan fingerprint density at radius 1 is 1.06 bits per heavy atom. The van der Waals surface area contributed by atoms with E-state index in [1.54, 1.807) is 12.1 Å². The van der Waals surface area contributed by atoms with Gasteiger partial charge in [0.25, 0.3) is 0 Å². The summed E-state index contributed by atoms with van der Waals surface area (Å²) in [4.78, 5) is 11.2. The third kappa shape index (κ3) is 4.61. The molecule has 2 N–H and O–H groups in total. The molecule has 0 aliphatic carbocycles. The maximum absolute atomic E-state index is 11.2. The van der Waals surface area contributed by atoms with Crippen molar-refractivity contribution >= 4 is 11.7 Å². The van der Waals surface area contributed by atoms with Crippen LogP contribution in [-0.2, 0) is 6.54 Å². The molecule has 0 aliphatic rings. The number of benzene rings is 3. The predicted octanol–water partition coefficient (Wildman–Crippen LogP) is 3.77. The molecular weight excluding hydrogens is 398 g/mol. The quantitative estimate of drug-likeness (QED) is 0.446. The topological polar surface area (TPSA) is 111 Å². The average Bonchev–Trinajstić information content (AvgIpc) is 3.26. The van der Waals surface area contributed by atoms with Gasteiger partial charge in [0, 0.05) is 6.54 Å². The van der Waals surface area contributed by atoms with E-state index in [0.29, 0.717) is 23.7 Å². The van der Waals surface area contributed by atoms with Crippen LogP contribution in [0.3, 0.4) is 0 Å². The minimum Gasteiger partial charge on any atom is -0.495 e. The van der Waals surface area contributed by atoms with Gasteiger partial charge in [-0.2, -0.15) is 4.68 Å². The molecule has 3 aromatic carbocycles. The summed E-state index contributed by atoms with van der Waals surface area (Å²) in [5, 5.41) is 24.1. The van der Waals surface area contributed by atoms with E-state index in [1.807, 2.05) is 48.5 Å². The number of carboxylic acid groups (broad SMARTS) is 1. The monoisotopic (exact) mass is 417 g/mol. The number of ether oxygens (including phenoxy) is 2. The lowest BCUT2D eigenvalue weighted by atomic mass is 10.1. The number of hydrogen-bond donors (Lipinski definition) is 2. The zero-order valence-electron chi connectivity index (χ0n) is 16.6. The van der Waals surface area contributed by atoms with Crippen molar-refractivity contribution in [1.29, 1.82) is 0 Å². The van der Waals surface area contributed by atoms with Gasteiger partial charge in [0.05, 0.1) is 24.0 Å². The van der Waals surface area contributed by atoms with E-state index in [2.05, 4.69) is 20.8 Å². The SMILES string of the molecule is COc1ccc(C(=O)O)cc1NCc1cccc(Oc2nnnn2-c2ccccc2)c1. The van der Waals surface area contributed by atoms with Gasteiger partial charge in [-0.05, 0) is 58.5 Å². The zero-order chi connectivity index (χ0) is 21.6. The number of anilines is 1. The molecule has 0 atom stereocenters. The number of para-hydroxylation sites is 1. The number of aromatic carboxylic acids is 1. The Kier molecular flexibility index (Phi) is 5.75. The van der Waals surface area contributed by atoms with Gasteiger partial charge in [-0.15, -0.1) is 0 Å². The Balaban J connectivity index is 1.50. The molecule has 0 fully saturated rings. The Morgan fingerprint density at radius 3 is 2.68 bits per heavy atom. The Hall–Kier alpha value is -4.40. The molecule has 0 aliphatic heterocycles. The van der Waals surface area contributed by atoms with Crippen LogP contribution >= 0.6 is 0 Å². The fraction of sp³-hybridized carbons (Fsp3) is 0.0909. The summed E-state index contributed by atoms with van der Waals surface area (Å²) in [5.74, 6) is 0.120. The highest BCUT2D eigenvalue weighted by Crippen LogP contribution is 2.27. The first-order chi connectivity index (χ1) is 15.1. The Labute approximate surface area is 177 Å². The summed E-state index contributed by atoms with van der Waals surface area (Å²) in [6.07, 6.45) is 0. The lowest BCUT2D eigenvalue weighted by molar-refractivity contribution is 0.0697. The van der Waals surface area contributed by atoms with Gasteiger partial charge < -0.3 is 19.9 Å². The molecule has 0 amide bonds. The molecular formula is C22H19N5O4. The van der Waals surface area contributed by atoms with Crippen molar-refractivity contribution in [3.05, 3.63) is 83.9 Å². The van der Waals surface area contributed by atoms with Gasteiger partial charge >= 0.3 is 12.0 Å². The number of tetrazole rings is 1. The molecule has 1 heterocycles. The number of rotatable bonds is 8. The molecule has 156 valence electrons. The van der Waals surface area contributed by atoms with E-state index in [1.165, 1.54) is 23.9 Å². The fourth-order valence-electron chi connectivity index (χ4n) is 2.97. The van der Waals surface area contributed by atoms with E-state index in [0.717, 1.165) is 11.3 Å². The summed E-state index contributed by atoms with van der Waals surface area (Å²) in [7, 11) is 1.53. The Bertz CT molecular complexity index is 1190. The van der Waals surface area contributed by atoms with Crippen LogP contribution in [0.2, 0.25) is 0 Å². The van der Waals surface area contributed by atoms with Crippen LogP contribution in [0.1, 0.15) is 15.9 Å². The number of carbonyl (C=O) groups is 1. The van der Waals surface area contributed by atoms with E-state index >= 15 is 0 Å². The third-order valence-corrected chi connectivity index (χ3v) is 4.48. The number of methoxy groups -OCH3 is 1. The zero-order valence-corrected chi connectivity index (χ0v) is 16.6. The number of aromatic nitrogens is 4. The summed E-state index contributed by atoms with van der Waals surface area (Å²) in [6, 6.07) is 21.8. The summed E-state index contributed by atoms with van der Waals surface area (Å²) < 4.78 is 12.7. The third-order valence-electron chi connectivity index (χ3n) is 4.48. The molecule has 0 unspecified atom stereocenters. The van der Waals surface area contributed by atoms with Crippen molar-refractivity contribution < 1.29 is 19.4 Å². The number of carboxylic acids is 1.